The predicted molar refractivity (Wildman–Crippen MR) is 98.4 cm³/mol. The van der Waals surface area contributed by atoms with E-state index in [0.29, 0.717) is 16.9 Å². The highest BCUT2D eigenvalue weighted by Gasteiger charge is 2.44. The highest BCUT2D eigenvalue weighted by atomic mass is 35.5. The van der Waals surface area contributed by atoms with E-state index in [0.717, 1.165) is 17.7 Å². The van der Waals surface area contributed by atoms with Crippen molar-refractivity contribution in [3.8, 4) is 11.9 Å². The molecule has 5 nitrogen and oxygen atoms in total. The van der Waals surface area contributed by atoms with E-state index in [-0.39, 0.29) is 6.01 Å². The molecule has 0 aliphatic carbocycles. The number of nitrogens with zero attached hydrogens (tertiary/aromatic N) is 3. The molecule has 1 aliphatic rings. The summed E-state index contributed by atoms with van der Waals surface area (Å²) in [5.74, 6) is 0.499. The van der Waals surface area contributed by atoms with Gasteiger partial charge in [-0.15, -0.1) is 0 Å². The van der Waals surface area contributed by atoms with Crippen LogP contribution in [0, 0.1) is 0 Å². The quantitative estimate of drug-likeness (QED) is 0.762. The van der Waals surface area contributed by atoms with Gasteiger partial charge in [-0.2, -0.15) is 4.98 Å². The van der Waals surface area contributed by atoms with E-state index < -0.39 is 5.54 Å². The summed E-state index contributed by atoms with van der Waals surface area (Å²) in [6.45, 7) is 5.18. The summed E-state index contributed by atoms with van der Waals surface area (Å²) in [5, 5.41) is 0.704. The van der Waals surface area contributed by atoms with Gasteiger partial charge in [-0.05, 0) is 31.5 Å². The van der Waals surface area contributed by atoms with E-state index in [1.54, 1.807) is 20.4 Å². The second-order valence-corrected chi connectivity index (χ2v) is 6.64. The molecule has 0 bridgehead atoms. The van der Waals surface area contributed by atoms with E-state index in [2.05, 4.69) is 40.9 Å². The van der Waals surface area contributed by atoms with E-state index in [9.17, 15) is 0 Å². The Labute approximate surface area is 153 Å². The minimum atomic E-state index is -0.517. The number of halogens is 1. The fraction of sp³-hybridized carbons (Fsp3) is 0.368. The van der Waals surface area contributed by atoms with Crippen LogP contribution in [0.4, 0.5) is 0 Å². The first-order valence-electron chi connectivity index (χ1n) is 8.19. The van der Waals surface area contributed by atoms with Crippen molar-refractivity contribution in [1.82, 2.24) is 14.9 Å². The first kappa shape index (κ1) is 17.7. The van der Waals surface area contributed by atoms with Gasteiger partial charge in [-0.3, -0.25) is 4.90 Å². The zero-order chi connectivity index (χ0) is 18.0. The van der Waals surface area contributed by atoms with Crippen LogP contribution in [0.2, 0.25) is 5.02 Å². The maximum Gasteiger partial charge on any atom is 0.319 e. The van der Waals surface area contributed by atoms with Crippen molar-refractivity contribution in [3.63, 3.8) is 0 Å². The second-order valence-electron chi connectivity index (χ2n) is 6.20. The molecule has 1 aliphatic heterocycles. The highest BCUT2D eigenvalue weighted by molar-refractivity contribution is 6.30. The second kappa shape index (κ2) is 7.02. The SMILES string of the molecule is COc1ncc(C2(c3ccc(Cl)cc3)C=CCN2C(C)C)c(OC)n1. The van der Waals surface area contributed by atoms with E-state index in [4.69, 9.17) is 21.1 Å². The van der Waals surface area contributed by atoms with Crippen molar-refractivity contribution in [1.29, 1.82) is 0 Å². The van der Waals surface area contributed by atoms with E-state index in [1.165, 1.54) is 0 Å². The minimum absolute atomic E-state index is 0.282. The van der Waals surface area contributed by atoms with Gasteiger partial charge in [-0.1, -0.05) is 35.9 Å². The summed E-state index contributed by atoms with van der Waals surface area (Å²) in [7, 11) is 3.15. The zero-order valence-corrected chi connectivity index (χ0v) is 15.6. The van der Waals surface area contributed by atoms with Crippen LogP contribution in [0.1, 0.15) is 25.0 Å². The Morgan fingerprint density at radius 1 is 1.16 bits per heavy atom. The minimum Gasteiger partial charge on any atom is -0.481 e. The first-order chi connectivity index (χ1) is 12.0. The summed E-state index contributed by atoms with van der Waals surface area (Å²) in [6.07, 6.45) is 6.13. The van der Waals surface area contributed by atoms with Crippen molar-refractivity contribution in [3.05, 3.63) is 58.8 Å². The van der Waals surface area contributed by atoms with Gasteiger partial charge in [0, 0.05) is 23.8 Å². The van der Waals surface area contributed by atoms with Gasteiger partial charge in [0.15, 0.2) is 0 Å². The van der Waals surface area contributed by atoms with Crippen LogP contribution < -0.4 is 9.47 Å². The van der Waals surface area contributed by atoms with Crippen molar-refractivity contribution < 1.29 is 9.47 Å². The van der Waals surface area contributed by atoms with Crippen molar-refractivity contribution in [2.24, 2.45) is 0 Å². The normalized spacial score (nSPS) is 20.2. The first-order valence-corrected chi connectivity index (χ1v) is 8.56. The molecular formula is C19H22ClN3O2. The molecule has 1 aromatic heterocycles. The lowest BCUT2D eigenvalue weighted by Gasteiger charge is -2.41. The molecule has 0 amide bonds. The Morgan fingerprint density at radius 2 is 1.88 bits per heavy atom. The van der Waals surface area contributed by atoms with Crippen LogP contribution in [0.5, 0.6) is 11.9 Å². The van der Waals surface area contributed by atoms with Crippen LogP contribution in [0.3, 0.4) is 0 Å². The number of methoxy groups -OCH3 is 2. The maximum atomic E-state index is 6.11. The van der Waals surface area contributed by atoms with Gasteiger partial charge in [0.25, 0.3) is 0 Å². The van der Waals surface area contributed by atoms with Crippen LogP contribution in [0.15, 0.2) is 42.6 Å². The zero-order valence-electron chi connectivity index (χ0n) is 14.9. The molecule has 2 heterocycles. The smallest absolute Gasteiger partial charge is 0.319 e. The molecule has 6 heteroatoms. The Hall–Kier alpha value is -2.11. The topological polar surface area (TPSA) is 47.5 Å². The number of rotatable bonds is 5. The average molecular weight is 360 g/mol. The molecule has 0 spiro atoms. The monoisotopic (exact) mass is 359 g/mol. The van der Waals surface area contributed by atoms with Gasteiger partial charge in [-0.25, -0.2) is 4.98 Å². The standard InChI is InChI=1S/C19H22ClN3O2/c1-13(2)23-11-5-10-19(23,14-6-8-15(20)9-7-14)16-12-21-18(25-4)22-17(16)24-3/h5-10,12-13H,11H2,1-4H3. The lowest BCUT2D eigenvalue weighted by atomic mass is 9.82. The third-order valence-corrected chi connectivity index (χ3v) is 4.79. The molecule has 1 aromatic carbocycles. The van der Waals surface area contributed by atoms with Crippen LogP contribution >= 0.6 is 11.6 Å². The number of ether oxygens (including phenoxy) is 2. The summed E-state index contributed by atoms with van der Waals surface area (Å²) in [6, 6.07) is 8.47. The van der Waals surface area contributed by atoms with Gasteiger partial charge >= 0.3 is 6.01 Å². The molecule has 0 radical (unpaired) electrons. The molecule has 0 saturated heterocycles. The number of aromatic nitrogens is 2. The molecule has 0 fully saturated rings. The van der Waals surface area contributed by atoms with Crippen LogP contribution in [-0.4, -0.2) is 41.7 Å². The Bertz CT molecular complexity index is 777. The number of benzene rings is 1. The predicted octanol–water partition coefficient (Wildman–Crippen LogP) is 3.67. The third kappa shape index (κ3) is 2.98. The van der Waals surface area contributed by atoms with Gasteiger partial charge in [0.05, 0.1) is 25.3 Å². The molecule has 3 rings (SSSR count). The lowest BCUT2D eigenvalue weighted by molar-refractivity contribution is 0.152. The van der Waals surface area contributed by atoms with Crippen molar-refractivity contribution in [2.45, 2.75) is 25.4 Å². The fourth-order valence-electron chi connectivity index (χ4n) is 3.43. The van der Waals surface area contributed by atoms with E-state index in [1.807, 2.05) is 24.3 Å². The number of hydrogen-bond acceptors (Lipinski definition) is 5. The molecule has 132 valence electrons. The van der Waals surface area contributed by atoms with Crippen molar-refractivity contribution >= 4 is 11.6 Å². The lowest BCUT2D eigenvalue weighted by Crippen LogP contribution is -2.46. The number of hydrogen-bond donors (Lipinski definition) is 0. The van der Waals surface area contributed by atoms with Crippen LogP contribution in [0.25, 0.3) is 0 Å². The average Bonchev–Trinajstić information content (AvgIpc) is 3.07. The molecule has 1 atom stereocenters. The summed E-state index contributed by atoms with van der Waals surface area (Å²) < 4.78 is 10.7. The summed E-state index contributed by atoms with van der Waals surface area (Å²) in [5.41, 5.74) is 1.45. The van der Waals surface area contributed by atoms with Gasteiger partial charge < -0.3 is 9.47 Å². The van der Waals surface area contributed by atoms with Crippen molar-refractivity contribution in [2.75, 3.05) is 20.8 Å². The Kier molecular flexibility index (Phi) is 4.97. The summed E-state index contributed by atoms with van der Waals surface area (Å²) in [4.78, 5) is 11.1. The molecule has 0 N–H and O–H groups in total. The van der Waals surface area contributed by atoms with E-state index >= 15 is 0 Å². The molecular weight excluding hydrogens is 338 g/mol. The molecule has 0 saturated carbocycles. The Balaban J connectivity index is 2.26. The summed E-state index contributed by atoms with van der Waals surface area (Å²) >= 11 is 6.11. The highest BCUT2D eigenvalue weighted by Crippen LogP contribution is 2.45. The maximum absolute atomic E-state index is 6.11. The fourth-order valence-corrected chi connectivity index (χ4v) is 3.55. The van der Waals surface area contributed by atoms with Crippen LogP contribution in [-0.2, 0) is 5.54 Å². The van der Waals surface area contributed by atoms with Gasteiger partial charge in [0.1, 0.15) is 0 Å². The third-order valence-electron chi connectivity index (χ3n) is 4.54. The largest absolute Gasteiger partial charge is 0.481 e. The molecule has 2 aromatic rings. The van der Waals surface area contributed by atoms with Gasteiger partial charge in [0.2, 0.25) is 5.88 Å². The Morgan fingerprint density at radius 3 is 2.48 bits per heavy atom. The molecule has 25 heavy (non-hydrogen) atoms. The molecule has 1 unspecified atom stereocenters.